The number of rotatable bonds is 1. The van der Waals surface area contributed by atoms with Crippen LogP contribution in [0.5, 0.6) is 0 Å². The summed E-state index contributed by atoms with van der Waals surface area (Å²) >= 11 is 0. The second-order valence-electron chi connectivity index (χ2n) is 5.72. The maximum atomic E-state index is 6.35. The first-order valence-electron chi connectivity index (χ1n) is 7.23. The van der Waals surface area contributed by atoms with Crippen molar-refractivity contribution < 1.29 is 9.47 Å². The molecule has 0 radical (unpaired) electrons. The predicted octanol–water partition coefficient (Wildman–Crippen LogP) is 1.83. The number of aromatic nitrogens is 2. The van der Waals surface area contributed by atoms with E-state index >= 15 is 0 Å². The highest BCUT2D eigenvalue weighted by atomic mass is 16.7. The van der Waals surface area contributed by atoms with Crippen molar-refractivity contribution in [1.82, 2.24) is 9.55 Å². The summed E-state index contributed by atoms with van der Waals surface area (Å²) in [5.41, 5.74) is 8.49. The Bertz CT molecular complexity index is 618. The van der Waals surface area contributed by atoms with Crippen molar-refractivity contribution in [3.8, 4) is 0 Å². The summed E-state index contributed by atoms with van der Waals surface area (Å²) in [5, 5.41) is 0. The molecule has 5 nitrogen and oxygen atoms in total. The number of hydrogen-bond acceptors (Lipinski definition) is 4. The Balaban J connectivity index is 1.72. The van der Waals surface area contributed by atoms with Gasteiger partial charge in [0.1, 0.15) is 0 Å². The zero-order valence-electron chi connectivity index (χ0n) is 11.4. The molecule has 4 rings (SSSR count). The van der Waals surface area contributed by atoms with Crippen LogP contribution in [0.2, 0.25) is 0 Å². The molecule has 1 aromatic carbocycles. The monoisotopic (exact) mass is 273 g/mol. The van der Waals surface area contributed by atoms with Crippen LogP contribution in [0.3, 0.4) is 0 Å². The summed E-state index contributed by atoms with van der Waals surface area (Å²) in [4.78, 5) is 4.47. The van der Waals surface area contributed by atoms with Gasteiger partial charge in [-0.1, -0.05) is 12.1 Å². The molecule has 106 valence electrons. The van der Waals surface area contributed by atoms with Crippen LogP contribution < -0.4 is 5.73 Å². The summed E-state index contributed by atoms with van der Waals surface area (Å²) in [6, 6.07) is 8.45. The van der Waals surface area contributed by atoms with Gasteiger partial charge in [0, 0.05) is 18.9 Å². The third kappa shape index (κ3) is 1.85. The molecule has 2 fully saturated rings. The molecule has 0 amide bonds. The van der Waals surface area contributed by atoms with Gasteiger partial charge in [-0.05, 0) is 18.6 Å². The van der Waals surface area contributed by atoms with E-state index in [9.17, 15) is 0 Å². The quantitative estimate of drug-likeness (QED) is 0.861. The first-order chi connectivity index (χ1) is 9.77. The molecule has 2 atom stereocenters. The highest BCUT2D eigenvalue weighted by molar-refractivity contribution is 5.75. The lowest BCUT2D eigenvalue weighted by Gasteiger charge is -2.40. The van der Waals surface area contributed by atoms with Gasteiger partial charge in [0.2, 0.25) is 0 Å². The second kappa shape index (κ2) is 4.55. The van der Waals surface area contributed by atoms with Crippen LogP contribution in [0.4, 0.5) is 0 Å². The molecule has 1 aromatic heterocycles. The van der Waals surface area contributed by atoms with Crippen LogP contribution in [0.25, 0.3) is 11.0 Å². The topological polar surface area (TPSA) is 62.3 Å². The fourth-order valence-corrected chi connectivity index (χ4v) is 3.46. The van der Waals surface area contributed by atoms with Crippen molar-refractivity contribution in [3.05, 3.63) is 30.6 Å². The molecule has 1 spiro atoms. The zero-order chi connectivity index (χ0) is 13.6. The Morgan fingerprint density at radius 1 is 1.25 bits per heavy atom. The molecule has 0 bridgehead atoms. The van der Waals surface area contributed by atoms with Crippen LogP contribution in [0.1, 0.15) is 25.3 Å². The summed E-state index contributed by atoms with van der Waals surface area (Å²) in [5.74, 6) is -0.425. The molecule has 5 heteroatoms. The lowest BCUT2D eigenvalue weighted by Crippen LogP contribution is -2.46. The lowest BCUT2D eigenvalue weighted by atomic mass is 9.86. The first-order valence-corrected chi connectivity index (χ1v) is 7.23. The Kier molecular flexibility index (Phi) is 2.80. The summed E-state index contributed by atoms with van der Waals surface area (Å²) in [6.07, 6.45) is 4.49. The number of benzene rings is 1. The largest absolute Gasteiger partial charge is 0.347 e. The van der Waals surface area contributed by atoms with E-state index in [2.05, 4.69) is 15.6 Å². The van der Waals surface area contributed by atoms with Gasteiger partial charge in [-0.3, -0.25) is 0 Å². The number of ether oxygens (including phenoxy) is 2. The van der Waals surface area contributed by atoms with Crippen molar-refractivity contribution in [1.29, 1.82) is 0 Å². The minimum Gasteiger partial charge on any atom is -0.347 e. The van der Waals surface area contributed by atoms with Crippen LogP contribution in [0, 0.1) is 0 Å². The third-order valence-corrected chi connectivity index (χ3v) is 4.52. The minimum absolute atomic E-state index is 0.117. The van der Waals surface area contributed by atoms with Crippen molar-refractivity contribution in [2.45, 2.75) is 37.1 Å². The molecule has 2 aromatic rings. The number of nitrogens with zero attached hydrogens (tertiary/aromatic N) is 2. The molecule has 1 aliphatic heterocycles. The van der Waals surface area contributed by atoms with Crippen molar-refractivity contribution in [2.24, 2.45) is 5.73 Å². The maximum absolute atomic E-state index is 6.35. The number of para-hydroxylation sites is 2. The predicted molar refractivity (Wildman–Crippen MR) is 75.2 cm³/mol. The molecule has 1 saturated carbocycles. The van der Waals surface area contributed by atoms with E-state index in [0.717, 1.165) is 30.3 Å². The Morgan fingerprint density at radius 2 is 2.05 bits per heavy atom. The fourth-order valence-electron chi connectivity index (χ4n) is 3.46. The Labute approximate surface area is 117 Å². The highest BCUT2D eigenvalue weighted by Crippen LogP contribution is 2.41. The molecule has 2 N–H and O–H groups in total. The Hall–Kier alpha value is -1.43. The van der Waals surface area contributed by atoms with Gasteiger partial charge in [0.05, 0.1) is 36.6 Å². The zero-order valence-corrected chi connectivity index (χ0v) is 11.4. The number of nitrogens with two attached hydrogens (primary N) is 1. The maximum Gasteiger partial charge on any atom is 0.170 e. The van der Waals surface area contributed by atoms with Gasteiger partial charge >= 0.3 is 0 Å². The molecular formula is C15H19N3O2. The normalized spacial score (nSPS) is 29.2. The van der Waals surface area contributed by atoms with Gasteiger partial charge in [0.15, 0.2) is 5.79 Å². The average molecular weight is 273 g/mol. The molecule has 1 aliphatic carbocycles. The SMILES string of the molecule is NC1CCC2(CC1n1cnc3ccccc31)OCCO2. The van der Waals surface area contributed by atoms with E-state index in [1.54, 1.807) is 0 Å². The number of fused-ring (bicyclic) bond motifs is 1. The fraction of sp³-hybridized carbons (Fsp3) is 0.533. The van der Waals surface area contributed by atoms with Gasteiger partial charge in [-0.2, -0.15) is 0 Å². The second-order valence-corrected chi connectivity index (χ2v) is 5.72. The molecule has 20 heavy (non-hydrogen) atoms. The average Bonchev–Trinajstić information content (AvgIpc) is 3.09. The van der Waals surface area contributed by atoms with E-state index in [4.69, 9.17) is 15.2 Å². The standard InChI is InChI=1S/C15H19N3O2/c16-11-5-6-15(19-7-8-20-15)9-14(11)18-10-17-12-3-1-2-4-13(12)18/h1-4,10-11,14H,5-9,16H2. The summed E-state index contributed by atoms with van der Waals surface area (Å²) in [6.45, 7) is 1.37. The van der Waals surface area contributed by atoms with Crippen LogP contribution in [-0.4, -0.2) is 34.6 Å². The lowest BCUT2D eigenvalue weighted by molar-refractivity contribution is -0.187. The van der Waals surface area contributed by atoms with Crippen LogP contribution >= 0.6 is 0 Å². The van der Waals surface area contributed by atoms with Gasteiger partial charge in [-0.15, -0.1) is 0 Å². The van der Waals surface area contributed by atoms with Crippen molar-refractivity contribution in [2.75, 3.05) is 13.2 Å². The molecule has 2 unspecified atom stereocenters. The Morgan fingerprint density at radius 3 is 2.90 bits per heavy atom. The van der Waals surface area contributed by atoms with Gasteiger partial charge in [-0.25, -0.2) is 4.98 Å². The van der Waals surface area contributed by atoms with Crippen LogP contribution in [0.15, 0.2) is 30.6 Å². The first kappa shape index (κ1) is 12.3. The highest BCUT2D eigenvalue weighted by Gasteiger charge is 2.45. The van der Waals surface area contributed by atoms with E-state index in [-0.39, 0.29) is 12.1 Å². The molecular weight excluding hydrogens is 254 g/mol. The van der Waals surface area contributed by atoms with E-state index < -0.39 is 5.79 Å². The summed E-state index contributed by atoms with van der Waals surface area (Å²) in [7, 11) is 0. The smallest absolute Gasteiger partial charge is 0.170 e. The molecule has 1 saturated heterocycles. The minimum atomic E-state index is -0.425. The van der Waals surface area contributed by atoms with E-state index in [0.29, 0.717) is 13.2 Å². The van der Waals surface area contributed by atoms with E-state index in [1.165, 1.54) is 0 Å². The van der Waals surface area contributed by atoms with Crippen molar-refractivity contribution in [3.63, 3.8) is 0 Å². The van der Waals surface area contributed by atoms with Gasteiger partial charge < -0.3 is 19.8 Å². The van der Waals surface area contributed by atoms with E-state index in [1.807, 2.05) is 24.5 Å². The van der Waals surface area contributed by atoms with Crippen molar-refractivity contribution >= 4 is 11.0 Å². The summed E-state index contributed by atoms with van der Waals surface area (Å²) < 4.78 is 13.9. The number of imidazole rings is 1. The molecule has 2 aliphatic rings. The third-order valence-electron chi connectivity index (χ3n) is 4.52. The van der Waals surface area contributed by atoms with Crippen LogP contribution in [-0.2, 0) is 9.47 Å². The molecule has 2 heterocycles. The number of hydrogen-bond donors (Lipinski definition) is 1. The van der Waals surface area contributed by atoms with Gasteiger partial charge in [0.25, 0.3) is 0 Å².